The number of aromatic amines is 1. The van der Waals surface area contributed by atoms with Crippen molar-refractivity contribution < 1.29 is 14.3 Å². The molecule has 0 spiro atoms. The van der Waals surface area contributed by atoms with E-state index in [-0.39, 0.29) is 18.1 Å². The second-order valence-corrected chi connectivity index (χ2v) is 3.53. The molecule has 0 aliphatic rings. The van der Waals surface area contributed by atoms with Crippen LogP contribution in [0.25, 0.3) is 0 Å². The van der Waals surface area contributed by atoms with Gasteiger partial charge in [0.05, 0.1) is 12.8 Å². The largest absolute Gasteiger partial charge is 0.462 e. The highest BCUT2D eigenvalue weighted by Crippen LogP contribution is 2.13. The van der Waals surface area contributed by atoms with Crippen LogP contribution in [0.15, 0.2) is 6.20 Å². The molecule has 1 heterocycles. The quantitative estimate of drug-likeness (QED) is 0.740. The van der Waals surface area contributed by atoms with Crippen LogP contribution in [0, 0.1) is 0 Å². The Balaban J connectivity index is 2.62. The van der Waals surface area contributed by atoms with Gasteiger partial charge in [0.1, 0.15) is 11.4 Å². The average Bonchev–Trinajstić information content (AvgIpc) is 2.75. The van der Waals surface area contributed by atoms with E-state index >= 15 is 0 Å². The maximum atomic E-state index is 11.5. The molecule has 0 saturated heterocycles. The van der Waals surface area contributed by atoms with Gasteiger partial charge < -0.3 is 10.1 Å². The number of hydrogen-bond donors (Lipinski definition) is 2. The third-order valence-electron chi connectivity index (χ3n) is 2.16. The zero-order valence-electron chi connectivity index (χ0n) is 10.1. The number of H-pyrrole nitrogens is 1. The summed E-state index contributed by atoms with van der Waals surface area (Å²) >= 11 is 0. The molecule has 1 aromatic rings. The summed E-state index contributed by atoms with van der Waals surface area (Å²) in [6, 6.07) is 0. The van der Waals surface area contributed by atoms with Crippen LogP contribution in [0.1, 0.15) is 43.5 Å². The smallest absolute Gasteiger partial charge is 0.343 e. The van der Waals surface area contributed by atoms with E-state index in [1.54, 1.807) is 6.92 Å². The van der Waals surface area contributed by atoms with E-state index in [1.807, 2.05) is 6.92 Å². The van der Waals surface area contributed by atoms with Gasteiger partial charge in [-0.3, -0.25) is 9.89 Å². The lowest BCUT2D eigenvalue weighted by molar-refractivity contribution is -0.116. The minimum absolute atomic E-state index is 0.137. The van der Waals surface area contributed by atoms with Gasteiger partial charge in [0, 0.05) is 6.42 Å². The van der Waals surface area contributed by atoms with Crippen LogP contribution < -0.4 is 5.32 Å². The first-order chi connectivity index (χ1) is 8.19. The van der Waals surface area contributed by atoms with Crippen LogP contribution in [0.3, 0.4) is 0 Å². The maximum absolute atomic E-state index is 11.5. The van der Waals surface area contributed by atoms with E-state index in [0.717, 1.165) is 12.8 Å². The summed E-state index contributed by atoms with van der Waals surface area (Å²) in [7, 11) is 0. The molecule has 0 atom stereocenters. The van der Waals surface area contributed by atoms with Gasteiger partial charge in [-0.25, -0.2) is 4.79 Å². The zero-order chi connectivity index (χ0) is 12.7. The van der Waals surface area contributed by atoms with Crippen LogP contribution in [0.4, 0.5) is 5.82 Å². The molecule has 94 valence electrons. The van der Waals surface area contributed by atoms with Crippen molar-refractivity contribution in [2.75, 3.05) is 11.9 Å². The Hall–Kier alpha value is -1.85. The molecule has 0 aliphatic heterocycles. The van der Waals surface area contributed by atoms with Crippen molar-refractivity contribution >= 4 is 17.7 Å². The Bertz CT molecular complexity index is 387. The number of esters is 1. The Morgan fingerprint density at radius 1 is 1.47 bits per heavy atom. The first-order valence-electron chi connectivity index (χ1n) is 5.69. The lowest BCUT2D eigenvalue weighted by atomic mass is 10.2. The van der Waals surface area contributed by atoms with E-state index in [4.69, 9.17) is 4.74 Å². The highest BCUT2D eigenvalue weighted by Gasteiger charge is 2.16. The van der Waals surface area contributed by atoms with Gasteiger partial charge in [-0.15, -0.1) is 0 Å². The number of unbranched alkanes of at least 4 members (excludes halogenated alkanes) is 1. The van der Waals surface area contributed by atoms with Crippen LogP contribution >= 0.6 is 0 Å². The first kappa shape index (κ1) is 13.2. The fourth-order valence-electron chi connectivity index (χ4n) is 1.28. The standard InChI is InChI=1S/C11H17N3O3/c1-3-5-6-9(15)13-10-8(7-12-14-10)11(16)17-4-2/h7H,3-6H2,1-2H3,(H2,12,13,14,15). The van der Waals surface area contributed by atoms with Gasteiger partial charge in [-0.1, -0.05) is 13.3 Å². The molecule has 6 nitrogen and oxygen atoms in total. The maximum Gasteiger partial charge on any atom is 0.343 e. The van der Waals surface area contributed by atoms with Crippen molar-refractivity contribution in [2.45, 2.75) is 33.1 Å². The Morgan fingerprint density at radius 2 is 2.24 bits per heavy atom. The number of carbonyl (C=O) groups excluding carboxylic acids is 2. The van der Waals surface area contributed by atoms with Crippen LogP contribution in [-0.2, 0) is 9.53 Å². The third-order valence-corrected chi connectivity index (χ3v) is 2.16. The molecule has 0 saturated carbocycles. The predicted octanol–water partition coefficient (Wildman–Crippen LogP) is 1.72. The highest BCUT2D eigenvalue weighted by atomic mass is 16.5. The molecule has 1 rings (SSSR count). The highest BCUT2D eigenvalue weighted by molar-refractivity contribution is 5.99. The molecule has 0 fully saturated rings. The van der Waals surface area contributed by atoms with Crippen LogP contribution in [0.2, 0.25) is 0 Å². The van der Waals surface area contributed by atoms with Crippen molar-refractivity contribution in [3.63, 3.8) is 0 Å². The molecule has 0 aliphatic carbocycles. The second-order valence-electron chi connectivity index (χ2n) is 3.53. The molecule has 2 N–H and O–H groups in total. The van der Waals surface area contributed by atoms with Crippen molar-refractivity contribution in [2.24, 2.45) is 0 Å². The van der Waals surface area contributed by atoms with Gasteiger partial charge in [-0.05, 0) is 13.3 Å². The number of hydrogen-bond acceptors (Lipinski definition) is 4. The Morgan fingerprint density at radius 3 is 2.88 bits per heavy atom. The summed E-state index contributed by atoms with van der Waals surface area (Å²) in [5, 5.41) is 8.89. The van der Waals surface area contributed by atoms with Crippen molar-refractivity contribution in [3.05, 3.63) is 11.8 Å². The van der Waals surface area contributed by atoms with Crippen molar-refractivity contribution in [1.29, 1.82) is 0 Å². The third kappa shape index (κ3) is 3.90. The van der Waals surface area contributed by atoms with E-state index in [2.05, 4.69) is 15.5 Å². The van der Waals surface area contributed by atoms with E-state index < -0.39 is 5.97 Å². The van der Waals surface area contributed by atoms with Crippen molar-refractivity contribution in [3.8, 4) is 0 Å². The Labute approximate surface area is 99.7 Å². The molecule has 6 heteroatoms. The summed E-state index contributed by atoms with van der Waals surface area (Å²) in [5.41, 5.74) is 0.247. The monoisotopic (exact) mass is 239 g/mol. The minimum Gasteiger partial charge on any atom is -0.462 e. The lowest BCUT2D eigenvalue weighted by Crippen LogP contribution is -2.14. The summed E-state index contributed by atoms with van der Waals surface area (Å²) in [6.07, 6.45) is 3.53. The van der Waals surface area contributed by atoms with Gasteiger partial charge in [0.15, 0.2) is 0 Å². The molecular weight excluding hydrogens is 222 g/mol. The fraction of sp³-hybridized carbons (Fsp3) is 0.545. The first-order valence-corrected chi connectivity index (χ1v) is 5.69. The fourth-order valence-corrected chi connectivity index (χ4v) is 1.28. The van der Waals surface area contributed by atoms with E-state index in [0.29, 0.717) is 12.2 Å². The van der Waals surface area contributed by atoms with Gasteiger partial charge in [0.25, 0.3) is 0 Å². The molecule has 1 amide bonds. The molecular formula is C11H17N3O3. The van der Waals surface area contributed by atoms with Gasteiger partial charge in [0.2, 0.25) is 5.91 Å². The predicted molar refractivity (Wildman–Crippen MR) is 62.7 cm³/mol. The number of amides is 1. The van der Waals surface area contributed by atoms with E-state index in [9.17, 15) is 9.59 Å². The second kappa shape index (κ2) is 6.67. The van der Waals surface area contributed by atoms with Crippen LogP contribution in [0.5, 0.6) is 0 Å². The minimum atomic E-state index is -0.493. The van der Waals surface area contributed by atoms with Gasteiger partial charge >= 0.3 is 5.97 Å². The number of nitrogens with one attached hydrogen (secondary N) is 2. The molecule has 0 bridgehead atoms. The average molecular weight is 239 g/mol. The van der Waals surface area contributed by atoms with E-state index in [1.165, 1.54) is 6.20 Å². The molecule has 1 aromatic heterocycles. The number of aromatic nitrogens is 2. The molecule has 17 heavy (non-hydrogen) atoms. The summed E-state index contributed by atoms with van der Waals surface area (Å²) in [5.74, 6) is -0.335. The molecule has 0 radical (unpaired) electrons. The molecule has 0 aromatic carbocycles. The van der Waals surface area contributed by atoms with Crippen molar-refractivity contribution in [1.82, 2.24) is 10.2 Å². The van der Waals surface area contributed by atoms with Gasteiger partial charge in [-0.2, -0.15) is 5.10 Å². The zero-order valence-corrected chi connectivity index (χ0v) is 10.1. The van der Waals surface area contributed by atoms with Crippen LogP contribution in [-0.4, -0.2) is 28.7 Å². The topological polar surface area (TPSA) is 84.1 Å². The molecule has 0 unspecified atom stereocenters. The number of anilines is 1. The number of rotatable bonds is 6. The summed E-state index contributed by atoms with van der Waals surface area (Å²) in [4.78, 5) is 23.0. The normalized spacial score (nSPS) is 10.0. The number of carbonyl (C=O) groups is 2. The number of nitrogens with zero attached hydrogens (tertiary/aromatic N) is 1. The summed E-state index contributed by atoms with van der Waals surface area (Å²) in [6.45, 7) is 4.01. The summed E-state index contributed by atoms with van der Waals surface area (Å²) < 4.78 is 4.84. The number of ether oxygens (including phenoxy) is 1. The SMILES string of the molecule is CCCCC(=O)Nc1[nH]ncc1C(=O)OCC. The lowest BCUT2D eigenvalue weighted by Gasteiger charge is -2.04. The Kier molecular flexibility index (Phi) is 5.19.